The van der Waals surface area contributed by atoms with Crippen molar-refractivity contribution < 1.29 is 25.8 Å². The van der Waals surface area contributed by atoms with Gasteiger partial charge in [-0.3, -0.25) is 0 Å². The molecule has 2 aromatic carbocycles. The summed E-state index contributed by atoms with van der Waals surface area (Å²) < 4.78 is 0. The van der Waals surface area contributed by atoms with E-state index in [2.05, 4.69) is 50.2 Å². The van der Waals surface area contributed by atoms with E-state index in [-0.39, 0.29) is 50.7 Å². The molecule has 0 nitrogen and oxygen atoms in total. The van der Waals surface area contributed by atoms with Crippen LogP contribution in [0.2, 0.25) is 0 Å². The normalized spacial score (nSPS) is 9.00. The van der Waals surface area contributed by atoms with Crippen LogP contribution in [0.1, 0.15) is 25.3 Å². The summed E-state index contributed by atoms with van der Waals surface area (Å²) in [4.78, 5) is 0. The van der Waals surface area contributed by atoms with Crippen LogP contribution in [-0.4, -0.2) is 0 Å². The van der Waals surface area contributed by atoms with Crippen molar-refractivity contribution in [2.24, 2.45) is 0 Å². The molecule has 0 bridgehead atoms. The van der Waals surface area contributed by atoms with Gasteiger partial charge in [0.25, 0.3) is 0 Å². The molecule has 0 aliphatic rings. The van der Waals surface area contributed by atoms with E-state index in [9.17, 15) is 0 Å². The summed E-state index contributed by atoms with van der Waals surface area (Å²) in [6, 6.07) is 13.0. The first-order valence-corrected chi connectivity index (χ1v) is 4.43. The van der Waals surface area contributed by atoms with Gasteiger partial charge in [0.1, 0.15) is 0 Å². The summed E-state index contributed by atoms with van der Waals surface area (Å²) in [6.45, 7) is 4.48. The fraction of sp³-hybridized carbons (Fsp3) is 0.250. The zero-order valence-electron chi connectivity index (χ0n) is 8.86. The maximum absolute atomic E-state index is 2.24. The van der Waals surface area contributed by atoms with Crippen LogP contribution in [0.25, 0.3) is 10.8 Å². The molecule has 15 heavy (non-hydrogen) atoms. The standard InChI is InChI=1S/C12H13.2ClH.Hf/c1-9(2)11-8-7-10-5-3-4-6-12(10)11;;;/h3-9H,1-2H3;2*1H;/q-1;;;. The number of rotatable bonds is 1. The van der Waals surface area contributed by atoms with Crippen LogP contribution in [0.5, 0.6) is 0 Å². The molecule has 2 rings (SSSR count). The summed E-state index contributed by atoms with van der Waals surface area (Å²) in [7, 11) is 0. The molecule has 0 N–H and O–H groups in total. The summed E-state index contributed by atoms with van der Waals surface area (Å²) >= 11 is 0. The summed E-state index contributed by atoms with van der Waals surface area (Å²) in [5.41, 5.74) is 1.46. The minimum atomic E-state index is 0. The zero-order valence-corrected chi connectivity index (χ0v) is 14.1. The second kappa shape index (κ2) is 7.54. The molecule has 0 saturated heterocycles. The summed E-state index contributed by atoms with van der Waals surface area (Å²) in [6.07, 6.45) is 0. The van der Waals surface area contributed by atoms with Crippen molar-refractivity contribution in [1.82, 2.24) is 0 Å². The molecule has 0 unspecified atom stereocenters. The maximum Gasteiger partial charge on any atom is 0 e. The molecule has 0 aliphatic heterocycles. The van der Waals surface area contributed by atoms with Crippen molar-refractivity contribution in [3.05, 3.63) is 42.0 Å². The molecule has 82 valence electrons. The summed E-state index contributed by atoms with van der Waals surface area (Å²) in [5.74, 6) is 0.630. The molecule has 0 radical (unpaired) electrons. The predicted molar refractivity (Wildman–Crippen MR) is 68.1 cm³/mol. The third-order valence-corrected chi connectivity index (χ3v) is 2.34. The minimum absolute atomic E-state index is 0. The second-order valence-electron chi connectivity index (χ2n) is 3.53. The number of hydrogen-bond donors (Lipinski definition) is 0. The monoisotopic (exact) mass is 409 g/mol. The molecule has 0 aliphatic carbocycles. The van der Waals surface area contributed by atoms with Gasteiger partial charge in [0.2, 0.25) is 0 Å². The van der Waals surface area contributed by atoms with E-state index in [1.165, 1.54) is 16.3 Å². The van der Waals surface area contributed by atoms with Crippen molar-refractivity contribution in [1.29, 1.82) is 0 Å². The first-order valence-electron chi connectivity index (χ1n) is 4.43. The van der Waals surface area contributed by atoms with Gasteiger partial charge in [-0.15, -0.1) is 65.4 Å². The Balaban J connectivity index is 0. The van der Waals surface area contributed by atoms with Crippen molar-refractivity contribution in [2.45, 2.75) is 19.8 Å². The third-order valence-electron chi connectivity index (χ3n) is 2.34. The van der Waals surface area contributed by atoms with Gasteiger partial charge >= 0.3 is 0 Å². The van der Waals surface area contributed by atoms with Gasteiger partial charge in [-0.1, -0.05) is 25.8 Å². The third kappa shape index (κ3) is 3.65. The van der Waals surface area contributed by atoms with E-state index >= 15 is 0 Å². The Kier molecular flexibility index (Phi) is 8.88. The largest absolute Gasteiger partial charge is 0.168 e. The van der Waals surface area contributed by atoms with Gasteiger partial charge in [-0.25, -0.2) is 0 Å². The van der Waals surface area contributed by atoms with Crippen molar-refractivity contribution >= 4 is 35.6 Å². The Hall–Kier alpha value is 0.280. The van der Waals surface area contributed by atoms with Crippen molar-refractivity contribution in [3.8, 4) is 0 Å². The molecular formula is C12H15Cl2Hf-. The van der Waals surface area contributed by atoms with Crippen molar-refractivity contribution in [3.63, 3.8) is 0 Å². The molecule has 2 aromatic rings. The maximum atomic E-state index is 2.24. The van der Waals surface area contributed by atoms with Gasteiger partial charge in [-0.05, 0) is 0 Å². The molecule has 0 fully saturated rings. The number of fused-ring (bicyclic) bond motifs is 1. The van der Waals surface area contributed by atoms with Crippen LogP contribution in [-0.2, 0) is 25.8 Å². The van der Waals surface area contributed by atoms with Gasteiger partial charge in [-0.2, -0.15) is 6.07 Å². The van der Waals surface area contributed by atoms with Crippen LogP contribution in [0, 0.1) is 0 Å². The number of halogens is 2. The average Bonchev–Trinajstić information content (AvgIpc) is 2.47. The van der Waals surface area contributed by atoms with Crippen LogP contribution in [0.3, 0.4) is 0 Å². The molecule has 0 saturated carbocycles. The predicted octanol–water partition coefficient (Wildman–Crippen LogP) is 4.52. The van der Waals surface area contributed by atoms with Crippen molar-refractivity contribution in [2.75, 3.05) is 0 Å². The van der Waals surface area contributed by atoms with Gasteiger partial charge in [0.15, 0.2) is 0 Å². The summed E-state index contributed by atoms with van der Waals surface area (Å²) in [5, 5.41) is 2.77. The molecule has 0 heterocycles. The van der Waals surface area contributed by atoms with Crippen LogP contribution in [0.4, 0.5) is 0 Å². The fourth-order valence-corrected chi connectivity index (χ4v) is 1.68. The Morgan fingerprint density at radius 1 is 1.00 bits per heavy atom. The fourth-order valence-electron chi connectivity index (χ4n) is 1.68. The molecular weight excluding hydrogens is 394 g/mol. The van der Waals surface area contributed by atoms with Crippen LogP contribution in [0.15, 0.2) is 36.4 Å². The zero-order chi connectivity index (χ0) is 8.55. The van der Waals surface area contributed by atoms with E-state index in [4.69, 9.17) is 0 Å². The Morgan fingerprint density at radius 2 is 1.60 bits per heavy atom. The van der Waals surface area contributed by atoms with E-state index in [0.717, 1.165) is 0 Å². The van der Waals surface area contributed by atoms with Crippen LogP contribution < -0.4 is 0 Å². The molecule has 0 amide bonds. The topological polar surface area (TPSA) is 0 Å². The molecule has 0 aromatic heterocycles. The van der Waals surface area contributed by atoms with E-state index < -0.39 is 0 Å². The minimum Gasteiger partial charge on any atom is -0.168 e. The SMILES string of the molecule is CC(C)[c-]1ccc2ccccc21.Cl.Cl.[Hf]. The average molecular weight is 409 g/mol. The van der Waals surface area contributed by atoms with Gasteiger partial charge in [0.05, 0.1) is 0 Å². The number of hydrogen-bond acceptors (Lipinski definition) is 0. The van der Waals surface area contributed by atoms with E-state index in [0.29, 0.717) is 5.92 Å². The second-order valence-corrected chi connectivity index (χ2v) is 3.53. The Bertz CT molecular complexity index is 393. The van der Waals surface area contributed by atoms with E-state index in [1.807, 2.05) is 0 Å². The Morgan fingerprint density at radius 3 is 2.20 bits per heavy atom. The number of benzene rings is 1. The van der Waals surface area contributed by atoms with Gasteiger partial charge < -0.3 is 0 Å². The Labute approximate surface area is 122 Å². The van der Waals surface area contributed by atoms with Crippen LogP contribution >= 0.6 is 24.8 Å². The van der Waals surface area contributed by atoms with Gasteiger partial charge in [0, 0.05) is 25.8 Å². The molecule has 0 atom stereocenters. The molecule has 3 heteroatoms. The quantitative estimate of drug-likeness (QED) is 0.481. The first-order chi connectivity index (χ1) is 5.79. The first kappa shape index (κ1) is 17.7. The molecule has 0 spiro atoms. The smallest absolute Gasteiger partial charge is 0 e. The van der Waals surface area contributed by atoms with E-state index in [1.54, 1.807) is 0 Å².